The first kappa shape index (κ1) is 40.5. The minimum Gasteiger partial charge on any atom is -0.491 e. The SMILES string of the molecule is C#CCOCCOCCOCCOCCOc1ccc(N2CCN(c3nc(Cl)nc4c3cnn4C3CCC(COP(O)CP(=O)(O)O)O3)CC2)cc1. The lowest BCUT2D eigenvalue weighted by Crippen LogP contribution is -2.47. The van der Waals surface area contributed by atoms with Crippen LogP contribution in [0.5, 0.6) is 5.75 Å². The summed E-state index contributed by atoms with van der Waals surface area (Å²) in [7, 11) is -6.62. The van der Waals surface area contributed by atoms with Gasteiger partial charge in [-0.15, -0.1) is 6.42 Å². The first-order valence-electron chi connectivity index (χ1n) is 16.9. The Morgan fingerprint density at radius 1 is 0.923 bits per heavy atom. The molecule has 0 bridgehead atoms. The fourth-order valence-corrected chi connectivity index (χ4v) is 7.72. The van der Waals surface area contributed by atoms with Crippen LogP contribution in [0.3, 0.4) is 0 Å². The number of hydrogen-bond acceptors (Lipinski definition) is 14. The van der Waals surface area contributed by atoms with Crippen molar-refractivity contribution in [2.75, 3.05) is 108 Å². The topological polar surface area (TPSA) is 192 Å². The zero-order valence-corrected chi connectivity index (χ0v) is 31.2. The first-order valence-corrected chi connectivity index (χ1v) is 20.4. The molecular formula is C32H45ClN6O11P2. The molecule has 4 heterocycles. The first-order chi connectivity index (χ1) is 25.2. The summed E-state index contributed by atoms with van der Waals surface area (Å²) in [6.07, 6.45) is 7.23. The van der Waals surface area contributed by atoms with E-state index in [-0.39, 0.29) is 18.0 Å². The van der Waals surface area contributed by atoms with Gasteiger partial charge < -0.3 is 57.4 Å². The van der Waals surface area contributed by atoms with Crippen LogP contribution in [-0.4, -0.2) is 139 Å². The van der Waals surface area contributed by atoms with E-state index in [9.17, 15) is 9.46 Å². The number of anilines is 2. The van der Waals surface area contributed by atoms with Crippen LogP contribution in [0.2, 0.25) is 5.28 Å². The van der Waals surface area contributed by atoms with E-state index in [0.29, 0.717) is 96.9 Å². The molecule has 0 aliphatic carbocycles. The van der Waals surface area contributed by atoms with E-state index in [1.54, 1.807) is 10.9 Å². The quantitative estimate of drug-likeness (QED) is 0.0582. The molecule has 52 heavy (non-hydrogen) atoms. The molecule has 20 heteroatoms. The molecule has 2 aliphatic rings. The van der Waals surface area contributed by atoms with Crippen molar-refractivity contribution in [1.29, 1.82) is 0 Å². The second kappa shape index (κ2) is 20.7. The summed E-state index contributed by atoms with van der Waals surface area (Å²) in [4.78, 5) is 41.4. The van der Waals surface area contributed by atoms with Crippen molar-refractivity contribution in [1.82, 2.24) is 19.7 Å². The van der Waals surface area contributed by atoms with Crippen molar-refractivity contribution < 1.29 is 52.2 Å². The van der Waals surface area contributed by atoms with E-state index >= 15 is 0 Å². The molecule has 0 saturated carbocycles. The lowest BCUT2D eigenvalue weighted by molar-refractivity contribution is -0.0213. The molecule has 0 amide bonds. The average molecular weight is 787 g/mol. The Morgan fingerprint density at radius 2 is 1.56 bits per heavy atom. The highest BCUT2D eigenvalue weighted by Crippen LogP contribution is 2.49. The average Bonchev–Trinajstić information content (AvgIpc) is 3.77. The van der Waals surface area contributed by atoms with E-state index in [1.807, 2.05) is 24.3 Å². The zero-order chi connectivity index (χ0) is 36.8. The van der Waals surface area contributed by atoms with Gasteiger partial charge in [-0.05, 0) is 48.7 Å². The van der Waals surface area contributed by atoms with Crippen LogP contribution in [0.25, 0.3) is 11.0 Å². The van der Waals surface area contributed by atoms with Gasteiger partial charge in [0.05, 0.1) is 70.5 Å². The number of terminal acetylenes is 1. The number of piperazine rings is 1. The maximum atomic E-state index is 11.1. The highest BCUT2D eigenvalue weighted by Gasteiger charge is 2.32. The third-order valence-corrected chi connectivity index (χ3v) is 11.1. The molecule has 2 aliphatic heterocycles. The van der Waals surface area contributed by atoms with Crippen molar-refractivity contribution in [2.45, 2.75) is 25.2 Å². The van der Waals surface area contributed by atoms with Crippen LogP contribution in [0, 0.1) is 12.3 Å². The number of ether oxygens (including phenoxy) is 6. The van der Waals surface area contributed by atoms with Crippen LogP contribution in [0.1, 0.15) is 19.1 Å². The Labute approximate surface area is 308 Å². The van der Waals surface area contributed by atoms with Crippen molar-refractivity contribution in [3.8, 4) is 18.1 Å². The lowest BCUT2D eigenvalue weighted by Gasteiger charge is -2.37. The lowest BCUT2D eigenvalue weighted by atomic mass is 10.2. The van der Waals surface area contributed by atoms with E-state index in [4.69, 9.17) is 60.8 Å². The van der Waals surface area contributed by atoms with Crippen molar-refractivity contribution in [2.24, 2.45) is 0 Å². The largest absolute Gasteiger partial charge is 0.491 e. The fraction of sp³-hybridized carbons (Fsp3) is 0.594. The molecule has 5 rings (SSSR count). The molecule has 3 atom stereocenters. The minimum absolute atomic E-state index is 0.00911. The number of fused-ring (bicyclic) bond motifs is 1. The molecule has 2 fully saturated rings. The standard InChI is InChI=1S/C32H45ClN6O11P2/c1-2-13-44-14-15-45-16-17-46-18-19-47-20-21-48-26-5-3-25(4-6-26)37-9-11-38(12-10-37)30-28-22-34-39(31(28)36-32(33)35-30)29-8-7-27(50-29)23-49-51(40)24-52(41,42)43/h1,3-6,22,27,29,40H,7-21,23-24H2,(H2,41,42,43). The molecule has 3 unspecified atom stereocenters. The van der Waals surface area contributed by atoms with Crippen molar-refractivity contribution in [3.05, 3.63) is 35.7 Å². The summed E-state index contributed by atoms with van der Waals surface area (Å²) >= 11 is 6.40. The number of hydrogen-bond donors (Lipinski definition) is 3. The van der Waals surface area contributed by atoms with Gasteiger partial charge in [-0.1, -0.05) is 5.92 Å². The van der Waals surface area contributed by atoms with E-state index < -0.39 is 28.1 Å². The van der Waals surface area contributed by atoms with Crippen LogP contribution < -0.4 is 14.5 Å². The smallest absolute Gasteiger partial charge is 0.334 e. The van der Waals surface area contributed by atoms with Crippen molar-refractivity contribution >= 4 is 50.1 Å². The summed E-state index contributed by atoms with van der Waals surface area (Å²) < 4.78 is 51.5. The predicted molar refractivity (Wildman–Crippen MR) is 194 cm³/mol. The molecule has 2 aromatic heterocycles. The number of halogens is 1. The Kier molecular flexibility index (Phi) is 16.1. The number of aromatic nitrogens is 4. The van der Waals surface area contributed by atoms with E-state index in [0.717, 1.165) is 29.9 Å². The van der Waals surface area contributed by atoms with Gasteiger partial charge in [0.2, 0.25) is 5.28 Å². The number of nitrogens with zero attached hydrogens (tertiary/aromatic N) is 6. The highest BCUT2D eigenvalue weighted by molar-refractivity contribution is 7.67. The van der Waals surface area contributed by atoms with Crippen molar-refractivity contribution in [3.63, 3.8) is 0 Å². The summed E-state index contributed by atoms with van der Waals surface area (Å²) in [5.74, 6) is 3.16. The fourth-order valence-electron chi connectivity index (χ4n) is 5.63. The molecule has 17 nitrogen and oxygen atoms in total. The summed E-state index contributed by atoms with van der Waals surface area (Å²) in [5, 5.41) is 5.40. The predicted octanol–water partition coefficient (Wildman–Crippen LogP) is 3.02. The number of benzene rings is 1. The molecule has 1 aromatic carbocycles. The zero-order valence-electron chi connectivity index (χ0n) is 28.7. The Bertz CT molecular complexity index is 1620. The molecular weight excluding hydrogens is 742 g/mol. The monoisotopic (exact) mass is 786 g/mol. The van der Waals surface area contributed by atoms with Gasteiger partial charge in [0.15, 0.2) is 20.3 Å². The maximum absolute atomic E-state index is 11.1. The van der Waals surface area contributed by atoms with Crippen LogP contribution in [0.15, 0.2) is 30.5 Å². The third kappa shape index (κ3) is 12.7. The van der Waals surface area contributed by atoms with Crippen LogP contribution in [0.4, 0.5) is 11.5 Å². The van der Waals surface area contributed by atoms with Gasteiger partial charge in [0, 0.05) is 31.9 Å². The Balaban J connectivity index is 1.01. The van der Waals surface area contributed by atoms with Gasteiger partial charge in [-0.3, -0.25) is 4.57 Å². The van der Waals surface area contributed by atoms with Gasteiger partial charge in [0.1, 0.15) is 30.7 Å². The van der Waals surface area contributed by atoms with Crippen LogP contribution >= 0.6 is 27.6 Å². The summed E-state index contributed by atoms with van der Waals surface area (Å²) in [5.41, 5.74) is 1.64. The highest BCUT2D eigenvalue weighted by atomic mass is 35.5. The summed E-state index contributed by atoms with van der Waals surface area (Å²) in [6.45, 7) is 7.01. The second-order valence-corrected chi connectivity index (χ2v) is 15.6. The van der Waals surface area contributed by atoms with E-state index in [2.05, 4.69) is 30.8 Å². The van der Waals surface area contributed by atoms with Gasteiger partial charge >= 0.3 is 7.60 Å². The third-order valence-electron chi connectivity index (χ3n) is 8.06. The second-order valence-electron chi connectivity index (χ2n) is 11.8. The van der Waals surface area contributed by atoms with Gasteiger partial charge in [-0.2, -0.15) is 15.1 Å². The molecule has 2 saturated heterocycles. The van der Waals surface area contributed by atoms with Gasteiger partial charge in [-0.25, -0.2) is 4.68 Å². The normalized spacial score (nSPS) is 18.6. The molecule has 3 aromatic rings. The molecule has 3 N–H and O–H groups in total. The van der Waals surface area contributed by atoms with E-state index in [1.165, 1.54) is 0 Å². The molecule has 286 valence electrons. The molecule has 0 spiro atoms. The van der Waals surface area contributed by atoms with Crippen LogP contribution in [-0.2, 0) is 32.8 Å². The Morgan fingerprint density at radius 3 is 2.21 bits per heavy atom. The maximum Gasteiger partial charge on any atom is 0.334 e. The summed E-state index contributed by atoms with van der Waals surface area (Å²) in [6, 6.07) is 8.01. The van der Waals surface area contributed by atoms with Gasteiger partial charge in [0.25, 0.3) is 0 Å². The minimum atomic E-state index is -4.37. The molecule has 0 radical (unpaired) electrons. The Hall–Kier alpha value is -2.68. The number of rotatable bonds is 22.